The Morgan fingerprint density at radius 2 is 2.19 bits per heavy atom. The maximum Gasteiger partial charge on any atom is 0.220 e. The zero-order chi connectivity index (χ0) is 14.9. The standard InChI is InChI=1S/C17H26N2O2/c1-2-21-16-5-3-4-15(12-16)13-19-17(20)7-6-14-8-10-18-11-9-14/h3-5,12,14,18H,2,6-11,13H2,1H3,(H,19,20). The Labute approximate surface area is 127 Å². The lowest BCUT2D eigenvalue weighted by molar-refractivity contribution is -0.121. The first-order valence-electron chi connectivity index (χ1n) is 7.97. The molecule has 1 heterocycles. The summed E-state index contributed by atoms with van der Waals surface area (Å²) in [5, 5.41) is 6.35. The molecular weight excluding hydrogens is 264 g/mol. The molecule has 4 nitrogen and oxygen atoms in total. The van der Waals surface area contributed by atoms with Gasteiger partial charge in [-0.05, 0) is 62.9 Å². The molecule has 1 saturated heterocycles. The molecule has 4 heteroatoms. The van der Waals surface area contributed by atoms with Crippen LogP contribution in [0.2, 0.25) is 0 Å². The molecule has 0 unspecified atom stereocenters. The van der Waals surface area contributed by atoms with Crippen molar-refractivity contribution < 1.29 is 9.53 Å². The predicted molar refractivity (Wildman–Crippen MR) is 84.3 cm³/mol. The molecule has 1 aliphatic heterocycles. The van der Waals surface area contributed by atoms with Crippen LogP contribution in [0.25, 0.3) is 0 Å². The van der Waals surface area contributed by atoms with Crippen molar-refractivity contribution in [1.82, 2.24) is 10.6 Å². The van der Waals surface area contributed by atoms with Crippen LogP contribution in [-0.2, 0) is 11.3 Å². The molecule has 0 atom stereocenters. The van der Waals surface area contributed by atoms with Crippen LogP contribution < -0.4 is 15.4 Å². The van der Waals surface area contributed by atoms with Crippen LogP contribution in [0.15, 0.2) is 24.3 Å². The van der Waals surface area contributed by atoms with Gasteiger partial charge in [-0.25, -0.2) is 0 Å². The summed E-state index contributed by atoms with van der Waals surface area (Å²) in [4.78, 5) is 11.9. The van der Waals surface area contributed by atoms with E-state index in [9.17, 15) is 4.79 Å². The average molecular weight is 290 g/mol. The quantitative estimate of drug-likeness (QED) is 0.811. The van der Waals surface area contributed by atoms with Gasteiger partial charge in [0.2, 0.25) is 5.91 Å². The predicted octanol–water partition coefficient (Wildman–Crippen LogP) is 2.48. The zero-order valence-corrected chi connectivity index (χ0v) is 12.9. The number of carbonyl (C=O) groups excluding carboxylic acids is 1. The van der Waals surface area contributed by atoms with Crippen molar-refractivity contribution in [3.05, 3.63) is 29.8 Å². The minimum atomic E-state index is 0.148. The Morgan fingerprint density at radius 3 is 2.95 bits per heavy atom. The van der Waals surface area contributed by atoms with Gasteiger partial charge in [-0.1, -0.05) is 12.1 Å². The van der Waals surface area contributed by atoms with Gasteiger partial charge in [-0.3, -0.25) is 4.79 Å². The number of hydrogen-bond acceptors (Lipinski definition) is 3. The molecule has 0 radical (unpaired) electrons. The van der Waals surface area contributed by atoms with Crippen LogP contribution in [0, 0.1) is 5.92 Å². The smallest absolute Gasteiger partial charge is 0.220 e. The number of amides is 1. The third-order valence-electron chi connectivity index (χ3n) is 3.94. The fourth-order valence-corrected chi connectivity index (χ4v) is 2.71. The molecule has 21 heavy (non-hydrogen) atoms. The number of hydrogen-bond donors (Lipinski definition) is 2. The average Bonchev–Trinajstić information content (AvgIpc) is 2.53. The molecular formula is C17H26N2O2. The Balaban J connectivity index is 1.69. The first-order chi connectivity index (χ1) is 10.3. The molecule has 0 spiro atoms. The second-order valence-corrected chi connectivity index (χ2v) is 5.59. The molecule has 0 aromatic heterocycles. The zero-order valence-electron chi connectivity index (χ0n) is 12.9. The minimum Gasteiger partial charge on any atom is -0.494 e. The number of ether oxygens (including phenoxy) is 1. The first-order valence-corrected chi connectivity index (χ1v) is 7.97. The van der Waals surface area contributed by atoms with Gasteiger partial charge in [0.1, 0.15) is 5.75 Å². The lowest BCUT2D eigenvalue weighted by Crippen LogP contribution is -2.29. The van der Waals surface area contributed by atoms with Gasteiger partial charge in [0.05, 0.1) is 6.61 Å². The topological polar surface area (TPSA) is 50.4 Å². The SMILES string of the molecule is CCOc1cccc(CNC(=O)CCC2CCNCC2)c1. The summed E-state index contributed by atoms with van der Waals surface area (Å²) in [6.45, 7) is 5.39. The van der Waals surface area contributed by atoms with Crippen LogP contribution in [0.5, 0.6) is 5.75 Å². The molecule has 2 rings (SSSR count). The first kappa shape index (κ1) is 15.8. The summed E-state index contributed by atoms with van der Waals surface area (Å²) in [6, 6.07) is 7.89. The molecule has 2 N–H and O–H groups in total. The second kappa shape index (κ2) is 8.67. The Hall–Kier alpha value is -1.55. The van der Waals surface area contributed by atoms with Crippen LogP contribution in [-0.4, -0.2) is 25.6 Å². The van der Waals surface area contributed by atoms with Crippen LogP contribution in [0.4, 0.5) is 0 Å². The van der Waals surface area contributed by atoms with E-state index in [0.717, 1.165) is 30.8 Å². The Kier molecular flexibility index (Phi) is 6.54. The Morgan fingerprint density at radius 1 is 1.38 bits per heavy atom. The van der Waals surface area contributed by atoms with Gasteiger partial charge in [-0.15, -0.1) is 0 Å². The van der Waals surface area contributed by atoms with Gasteiger partial charge in [0.25, 0.3) is 0 Å². The van der Waals surface area contributed by atoms with E-state index < -0.39 is 0 Å². The molecule has 116 valence electrons. The van der Waals surface area contributed by atoms with Crippen molar-refractivity contribution in [1.29, 1.82) is 0 Å². The number of benzene rings is 1. The molecule has 1 aliphatic rings. The van der Waals surface area contributed by atoms with Crippen molar-refractivity contribution in [3.8, 4) is 5.75 Å². The fraction of sp³-hybridized carbons (Fsp3) is 0.588. The molecule has 1 aromatic rings. The van der Waals surface area contributed by atoms with Gasteiger partial charge in [-0.2, -0.15) is 0 Å². The van der Waals surface area contributed by atoms with Gasteiger partial charge >= 0.3 is 0 Å². The summed E-state index contributed by atoms with van der Waals surface area (Å²) < 4.78 is 5.46. The van der Waals surface area contributed by atoms with Crippen molar-refractivity contribution in [2.24, 2.45) is 5.92 Å². The molecule has 1 aromatic carbocycles. The highest BCUT2D eigenvalue weighted by Gasteiger charge is 2.14. The molecule has 1 fully saturated rings. The van der Waals surface area contributed by atoms with Crippen LogP contribution in [0.1, 0.15) is 38.2 Å². The van der Waals surface area contributed by atoms with Crippen LogP contribution in [0.3, 0.4) is 0 Å². The summed E-state index contributed by atoms with van der Waals surface area (Å²) in [7, 11) is 0. The second-order valence-electron chi connectivity index (χ2n) is 5.59. The monoisotopic (exact) mass is 290 g/mol. The van der Waals surface area contributed by atoms with E-state index >= 15 is 0 Å². The van der Waals surface area contributed by atoms with E-state index in [1.54, 1.807) is 0 Å². The van der Waals surface area contributed by atoms with E-state index in [1.807, 2.05) is 31.2 Å². The van der Waals surface area contributed by atoms with Crippen molar-refractivity contribution in [2.75, 3.05) is 19.7 Å². The molecule has 0 aliphatic carbocycles. The van der Waals surface area contributed by atoms with Gasteiger partial charge < -0.3 is 15.4 Å². The number of carbonyl (C=O) groups is 1. The normalized spacial score (nSPS) is 15.7. The summed E-state index contributed by atoms with van der Waals surface area (Å²) >= 11 is 0. The summed E-state index contributed by atoms with van der Waals surface area (Å²) in [5.74, 6) is 1.72. The Bertz CT molecular complexity index is 442. The maximum absolute atomic E-state index is 11.9. The molecule has 0 saturated carbocycles. The van der Waals surface area contributed by atoms with Gasteiger partial charge in [0, 0.05) is 13.0 Å². The third kappa shape index (κ3) is 5.76. The van der Waals surface area contributed by atoms with E-state index in [4.69, 9.17) is 4.74 Å². The van der Waals surface area contributed by atoms with Crippen LogP contribution >= 0.6 is 0 Å². The highest BCUT2D eigenvalue weighted by Crippen LogP contribution is 2.17. The lowest BCUT2D eigenvalue weighted by atomic mass is 9.93. The van der Waals surface area contributed by atoms with E-state index in [2.05, 4.69) is 10.6 Å². The number of rotatable bonds is 7. The highest BCUT2D eigenvalue weighted by atomic mass is 16.5. The summed E-state index contributed by atoms with van der Waals surface area (Å²) in [6.07, 6.45) is 4.04. The number of nitrogens with one attached hydrogen (secondary N) is 2. The van der Waals surface area contributed by atoms with E-state index in [1.165, 1.54) is 12.8 Å². The highest BCUT2D eigenvalue weighted by molar-refractivity contribution is 5.75. The lowest BCUT2D eigenvalue weighted by Gasteiger charge is -2.22. The molecule has 0 bridgehead atoms. The van der Waals surface area contributed by atoms with Gasteiger partial charge in [0.15, 0.2) is 0 Å². The third-order valence-corrected chi connectivity index (χ3v) is 3.94. The van der Waals surface area contributed by atoms with E-state index in [-0.39, 0.29) is 5.91 Å². The molecule has 1 amide bonds. The summed E-state index contributed by atoms with van der Waals surface area (Å²) in [5.41, 5.74) is 1.08. The largest absolute Gasteiger partial charge is 0.494 e. The minimum absolute atomic E-state index is 0.148. The van der Waals surface area contributed by atoms with Crippen molar-refractivity contribution >= 4 is 5.91 Å². The van der Waals surface area contributed by atoms with Crippen molar-refractivity contribution in [3.63, 3.8) is 0 Å². The maximum atomic E-state index is 11.9. The van der Waals surface area contributed by atoms with Crippen molar-refractivity contribution in [2.45, 2.75) is 39.2 Å². The fourth-order valence-electron chi connectivity index (χ4n) is 2.71. The number of piperidine rings is 1. The van der Waals surface area contributed by atoms with E-state index in [0.29, 0.717) is 25.5 Å².